The summed E-state index contributed by atoms with van der Waals surface area (Å²) in [5.41, 5.74) is 0. The van der Waals surface area contributed by atoms with Gasteiger partial charge in [-0.15, -0.1) is 10.2 Å². The molecule has 1 N–H and O–H groups in total. The van der Waals surface area contributed by atoms with E-state index in [4.69, 9.17) is 0 Å². The predicted molar refractivity (Wildman–Crippen MR) is 50.2 cm³/mol. The van der Waals surface area contributed by atoms with Crippen LogP contribution < -0.4 is 4.72 Å². The first-order valence-electron chi connectivity index (χ1n) is 3.90. The number of aryl methyl sites for hydroxylation is 1. The van der Waals surface area contributed by atoms with Crippen molar-refractivity contribution in [2.75, 3.05) is 4.72 Å². The highest BCUT2D eigenvalue weighted by molar-refractivity contribution is 7.93. The normalized spacial score (nSPS) is 17.3. The molecule has 0 amide bonds. The van der Waals surface area contributed by atoms with Crippen molar-refractivity contribution in [3.8, 4) is 0 Å². The van der Waals surface area contributed by atoms with E-state index in [2.05, 4.69) is 14.9 Å². The van der Waals surface area contributed by atoms with Gasteiger partial charge in [0, 0.05) is 0 Å². The minimum Gasteiger partial charge on any atom is -0.257 e. The second-order valence-electron chi connectivity index (χ2n) is 2.97. The summed E-state index contributed by atoms with van der Waals surface area (Å²) in [4.78, 5) is 0. The number of aromatic nitrogens is 2. The highest BCUT2D eigenvalue weighted by atomic mass is 32.2. The first-order valence-corrected chi connectivity index (χ1v) is 6.26. The molecular formula is C6H9N3O2S2. The smallest absolute Gasteiger partial charge is 0.237 e. The van der Waals surface area contributed by atoms with Gasteiger partial charge in [0.15, 0.2) is 0 Å². The van der Waals surface area contributed by atoms with Gasteiger partial charge in [-0.2, -0.15) is 0 Å². The Labute approximate surface area is 80.2 Å². The van der Waals surface area contributed by atoms with E-state index >= 15 is 0 Å². The summed E-state index contributed by atoms with van der Waals surface area (Å²) in [6, 6.07) is 0. The van der Waals surface area contributed by atoms with Crippen LogP contribution in [0.1, 0.15) is 17.8 Å². The summed E-state index contributed by atoms with van der Waals surface area (Å²) in [7, 11) is -3.17. The van der Waals surface area contributed by atoms with Gasteiger partial charge in [-0.05, 0) is 19.8 Å². The third-order valence-corrected chi connectivity index (χ3v) is 4.43. The van der Waals surface area contributed by atoms with Gasteiger partial charge < -0.3 is 0 Å². The average molecular weight is 219 g/mol. The van der Waals surface area contributed by atoms with E-state index in [9.17, 15) is 8.42 Å². The summed E-state index contributed by atoms with van der Waals surface area (Å²) in [6.07, 6.45) is 1.51. The molecule has 1 aliphatic rings. The van der Waals surface area contributed by atoms with E-state index < -0.39 is 10.0 Å². The summed E-state index contributed by atoms with van der Waals surface area (Å²) in [5, 5.41) is 8.32. The van der Waals surface area contributed by atoms with Crippen molar-refractivity contribution in [2.24, 2.45) is 0 Å². The Kier molecular flexibility index (Phi) is 1.99. The minimum atomic E-state index is -3.17. The maximum absolute atomic E-state index is 11.4. The lowest BCUT2D eigenvalue weighted by Gasteiger charge is -2.00. The fourth-order valence-corrected chi connectivity index (χ4v) is 3.09. The molecule has 5 nitrogen and oxygen atoms in total. The van der Waals surface area contributed by atoms with Crippen LogP contribution in [0.3, 0.4) is 0 Å². The van der Waals surface area contributed by atoms with Crippen LogP contribution in [-0.4, -0.2) is 23.9 Å². The van der Waals surface area contributed by atoms with Gasteiger partial charge in [-0.1, -0.05) is 11.3 Å². The van der Waals surface area contributed by atoms with E-state index in [1.165, 1.54) is 11.3 Å². The molecule has 0 atom stereocenters. The fraction of sp³-hybridized carbons (Fsp3) is 0.667. The Bertz CT molecular complexity index is 407. The largest absolute Gasteiger partial charge is 0.257 e. The number of hydrogen-bond donors (Lipinski definition) is 1. The third kappa shape index (κ3) is 1.97. The first kappa shape index (κ1) is 8.89. The highest BCUT2D eigenvalue weighted by Gasteiger charge is 2.36. The molecule has 13 heavy (non-hydrogen) atoms. The molecule has 1 aromatic rings. The second kappa shape index (κ2) is 2.91. The van der Waals surface area contributed by atoms with Crippen LogP contribution in [0.2, 0.25) is 0 Å². The quantitative estimate of drug-likeness (QED) is 0.814. The zero-order valence-corrected chi connectivity index (χ0v) is 8.65. The van der Waals surface area contributed by atoms with Gasteiger partial charge in [-0.25, -0.2) is 8.42 Å². The molecule has 7 heteroatoms. The van der Waals surface area contributed by atoms with Crippen molar-refractivity contribution in [1.82, 2.24) is 10.2 Å². The highest BCUT2D eigenvalue weighted by Crippen LogP contribution is 2.30. The number of nitrogens with zero attached hydrogens (tertiary/aromatic N) is 2. The zero-order chi connectivity index (χ0) is 9.47. The lowest BCUT2D eigenvalue weighted by molar-refractivity contribution is 0.600. The predicted octanol–water partition coefficient (Wildman–Crippen LogP) is 0.751. The van der Waals surface area contributed by atoms with Crippen molar-refractivity contribution in [3.05, 3.63) is 5.01 Å². The molecule has 1 aliphatic carbocycles. The maximum Gasteiger partial charge on any atom is 0.237 e. The number of hydrogen-bond acceptors (Lipinski definition) is 5. The van der Waals surface area contributed by atoms with Crippen molar-refractivity contribution in [3.63, 3.8) is 0 Å². The number of anilines is 1. The summed E-state index contributed by atoms with van der Waals surface area (Å²) in [5.74, 6) is 0. The van der Waals surface area contributed by atoms with Crippen molar-refractivity contribution in [1.29, 1.82) is 0 Å². The van der Waals surface area contributed by atoms with Crippen LogP contribution in [0.4, 0.5) is 5.13 Å². The number of sulfonamides is 1. The summed E-state index contributed by atoms with van der Waals surface area (Å²) < 4.78 is 25.2. The third-order valence-electron chi connectivity index (χ3n) is 1.72. The zero-order valence-electron chi connectivity index (χ0n) is 7.02. The van der Waals surface area contributed by atoms with Gasteiger partial charge >= 0.3 is 0 Å². The van der Waals surface area contributed by atoms with Gasteiger partial charge in [0.1, 0.15) is 5.01 Å². The van der Waals surface area contributed by atoms with Crippen LogP contribution in [0.25, 0.3) is 0 Å². The number of nitrogens with one attached hydrogen (secondary N) is 1. The maximum atomic E-state index is 11.4. The summed E-state index contributed by atoms with van der Waals surface area (Å²) >= 11 is 1.25. The monoisotopic (exact) mass is 219 g/mol. The average Bonchev–Trinajstić information content (AvgIpc) is 2.78. The van der Waals surface area contributed by atoms with Crippen molar-refractivity contribution < 1.29 is 8.42 Å². The van der Waals surface area contributed by atoms with Crippen molar-refractivity contribution >= 4 is 26.5 Å². The Hall–Kier alpha value is -0.690. The van der Waals surface area contributed by atoms with Crippen molar-refractivity contribution in [2.45, 2.75) is 25.0 Å². The molecule has 0 radical (unpaired) electrons. The molecule has 0 bridgehead atoms. The molecule has 0 aliphatic heterocycles. The SMILES string of the molecule is Cc1nnc(NS(=O)(=O)C2CC2)s1. The molecule has 0 unspecified atom stereocenters. The fourth-order valence-electron chi connectivity index (χ4n) is 0.921. The number of rotatable bonds is 3. The molecule has 1 saturated carbocycles. The van der Waals surface area contributed by atoms with Crippen LogP contribution in [-0.2, 0) is 10.0 Å². The van der Waals surface area contributed by atoms with Crippen LogP contribution >= 0.6 is 11.3 Å². The molecule has 0 spiro atoms. The molecule has 1 heterocycles. The van der Waals surface area contributed by atoms with Crippen LogP contribution in [0, 0.1) is 6.92 Å². The van der Waals surface area contributed by atoms with Gasteiger partial charge in [0.25, 0.3) is 0 Å². The second-order valence-corrected chi connectivity index (χ2v) is 6.12. The van der Waals surface area contributed by atoms with Gasteiger partial charge in [0.2, 0.25) is 15.2 Å². The van der Waals surface area contributed by atoms with E-state index in [-0.39, 0.29) is 5.25 Å². The molecule has 1 fully saturated rings. The molecule has 1 aromatic heterocycles. The van der Waals surface area contributed by atoms with E-state index in [0.29, 0.717) is 5.13 Å². The Balaban J connectivity index is 2.13. The molecule has 2 rings (SSSR count). The Morgan fingerprint density at radius 1 is 1.46 bits per heavy atom. The molecular weight excluding hydrogens is 210 g/mol. The first-order chi connectivity index (χ1) is 6.08. The van der Waals surface area contributed by atoms with Gasteiger partial charge in [-0.3, -0.25) is 4.72 Å². The summed E-state index contributed by atoms with van der Waals surface area (Å²) in [6.45, 7) is 1.78. The van der Waals surface area contributed by atoms with Crippen LogP contribution in [0.5, 0.6) is 0 Å². The Morgan fingerprint density at radius 3 is 2.62 bits per heavy atom. The topological polar surface area (TPSA) is 72.0 Å². The Morgan fingerprint density at radius 2 is 2.15 bits per heavy atom. The molecule has 0 saturated heterocycles. The van der Waals surface area contributed by atoms with Gasteiger partial charge in [0.05, 0.1) is 5.25 Å². The molecule has 72 valence electrons. The minimum absolute atomic E-state index is 0.211. The van der Waals surface area contributed by atoms with E-state index in [1.54, 1.807) is 6.92 Å². The standard InChI is InChI=1S/C6H9N3O2S2/c1-4-7-8-6(12-4)9-13(10,11)5-2-3-5/h5H,2-3H2,1H3,(H,8,9). The van der Waals surface area contributed by atoms with E-state index in [0.717, 1.165) is 17.8 Å². The molecule has 0 aromatic carbocycles. The van der Waals surface area contributed by atoms with Crippen LogP contribution in [0.15, 0.2) is 0 Å². The van der Waals surface area contributed by atoms with E-state index in [1.807, 2.05) is 0 Å². The lowest BCUT2D eigenvalue weighted by Crippen LogP contribution is -2.17. The lowest BCUT2D eigenvalue weighted by atomic mass is 10.9.